The van der Waals surface area contributed by atoms with Gasteiger partial charge in [-0.15, -0.1) is 0 Å². The van der Waals surface area contributed by atoms with Crippen LogP contribution in [-0.4, -0.2) is 12.4 Å². The largest absolute Gasteiger partial charge is 0.472 e. The van der Waals surface area contributed by atoms with Gasteiger partial charge in [-0.05, 0) is 11.1 Å². The number of benzene rings is 2. The third-order valence-electron chi connectivity index (χ3n) is 4.03. The first-order valence-corrected chi connectivity index (χ1v) is 7.87. The Morgan fingerprint density at radius 1 is 0.864 bits per heavy atom. The summed E-state index contributed by atoms with van der Waals surface area (Å²) in [5, 5.41) is 0. The number of hydrogen-bond donors (Lipinski definition) is 0. The predicted molar refractivity (Wildman–Crippen MR) is 91.2 cm³/mol. The molecule has 2 aromatic rings. The van der Waals surface area contributed by atoms with Gasteiger partial charge in [-0.2, -0.15) is 0 Å². The maximum absolute atomic E-state index is 6.35. The zero-order chi connectivity index (χ0) is 15.6. The van der Waals surface area contributed by atoms with Crippen LogP contribution in [0.2, 0.25) is 0 Å². The van der Waals surface area contributed by atoms with E-state index in [1.807, 2.05) is 6.07 Å². The first-order chi connectivity index (χ1) is 10.6. The number of ether oxygens (including phenoxy) is 1. The third kappa shape index (κ3) is 3.06. The smallest absolute Gasteiger partial charge is 0.189 e. The lowest BCUT2D eigenvalue weighted by atomic mass is 9.86. The molecular formula is C20H23NO. The van der Waals surface area contributed by atoms with Gasteiger partial charge in [0.2, 0.25) is 0 Å². The van der Waals surface area contributed by atoms with Crippen molar-refractivity contribution in [1.82, 2.24) is 0 Å². The average molecular weight is 293 g/mol. The fourth-order valence-corrected chi connectivity index (χ4v) is 2.85. The summed E-state index contributed by atoms with van der Waals surface area (Å²) in [6, 6.07) is 21.0. The van der Waals surface area contributed by atoms with Crippen molar-refractivity contribution in [2.45, 2.75) is 32.8 Å². The average Bonchev–Trinajstić information content (AvgIpc) is 2.55. The van der Waals surface area contributed by atoms with Crippen molar-refractivity contribution in [3.8, 4) is 0 Å². The number of nitrogens with zero attached hydrogens (tertiary/aromatic N) is 1. The molecule has 2 aromatic carbocycles. The van der Waals surface area contributed by atoms with E-state index in [-0.39, 0.29) is 17.4 Å². The Labute approximate surface area is 132 Å². The SMILES string of the molecule is CC(C)(C)C1=NC[C@H](c2ccccc2)[C@@H](c2ccccc2)O1. The molecule has 0 spiro atoms. The highest BCUT2D eigenvalue weighted by Crippen LogP contribution is 2.39. The van der Waals surface area contributed by atoms with Gasteiger partial charge in [-0.3, -0.25) is 4.99 Å². The summed E-state index contributed by atoms with van der Waals surface area (Å²) in [5.41, 5.74) is 2.44. The van der Waals surface area contributed by atoms with E-state index in [1.54, 1.807) is 0 Å². The van der Waals surface area contributed by atoms with E-state index in [4.69, 9.17) is 9.73 Å². The van der Waals surface area contributed by atoms with Crippen LogP contribution in [0.5, 0.6) is 0 Å². The first-order valence-electron chi connectivity index (χ1n) is 7.87. The van der Waals surface area contributed by atoms with Crippen molar-refractivity contribution in [2.24, 2.45) is 10.4 Å². The van der Waals surface area contributed by atoms with Crippen molar-refractivity contribution in [1.29, 1.82) is 0 Å². The minimum atomic E-state index is -0.0608. The normalized spacial score (nSPS) is 21.9. The van der Waals surface area contributed by atoms with Gasteiger partial charge in [0.15, 0.2) is 5.90 Å². The lowest BCUT2D eigenvalue weighted by Gasteiger charge is -2.36. The monoisotopic (exact) mass is 293 g/mol. The Morgan fingerprint density at radius 2 is 1.41 bits per heavy atom. The molecule has 0 bridgehead atoms. The van der Waals surface area contributed by atoms with E-state index in [1.165, 1.54) is 11.1 Å². The van der Waals surface area contributed by atoms with Crippen molar-refractivity contribution in [2.75, 3.05) is 6.54 Å². The van der Waals surface area contributed by atoms with Crippen LogP contribution in [-0.2, 0) is 4.74 Å². The maximum atomic E-state index is 6.35. The van der Waals surface area contributed by atoms with E-state index in [9.17, 15) is 0 Å². The summed E-state index contributed by atoms with van der Waals surface area (Å²) >= 11 is 0. The van der Waals surface area contributed by atoms with E-state index in [0.717, 1.165) is 12.4 Å². The second kappa shape index (κ2) is 5.96. The summed E-state index contributed by atoms with van der Waals surface area (Å²) in [4.78, 5) is 4.73. The van der Waals surface area contributed by atoms with Crippen LogP contribution < -0.4 is 0 Å². The second-order valence-corrected chi connectivity index (χ2v) is 6.86. The lowest BCUT2D eigenvalue weighted by molar-refractivity contribution is 0.123. The van der Waals surface area contributed by atoms with Gasteiger partial charge in [0.05, 0.1) is 6.54 Å². The molecule has 114 valence electrons. The van der Waals surface area contributed by atoms with E-state index >= 15 is 0 Å². The molecule has 0 aliphatic carbocycles. The molecule has 0 amide bonds. The Balaban J connectivity index is 1.99. The molecule has 1 aliphatic heterocycles. The van der Waals surface area contributed by atoms with Gasteiger partial charge in [-0.1, -0.05) is 81.4 Å². The molecule has 3 rings (SSSR count). The van der Waals surface area contributed by atoms with Gasteiger partial charge >= 0.3 is 0 Å². The Morgan fingerprint density at radius 3 is 1.95 bits per heavy atom. The number of aliphatic imine (C=N–C) groups is 1. The standard InChI is InChI=1S/C20H23NO/c1-20(2,3)19-21-14-17(15-10-6-4-7-11-15)18(22-19)16-12-8-5-9-13-16/h4-13,17-18H,14H2,1-3H3/t17-,18-/m1/s1. The van der Waals surface area contributed by atoms with Crippen LogP contribution >= 0.6 is 0 Å². The molecule has 0 saturated carbocycles. The molecule has 0 aromatic heterocycles. The summed E-state index contributed by atoms with van der Waals surface area (Å²) < 4.78 is 6.35. The van der Waals surface area contributed by atoms with Gasteiger partial charge < -0.3 is 4.74 Å². The van der Waals surface area contributed by atoms with Crippen LogP contribution in [0.1, 0.15) is 43.9 Å². The molecule has 1 aliphatic rings. The third-order valence-corrected chi connectivity index (χ3v) is 4.03. The van der Waals surface area contributed by atoms with Crippen LogP contribution in [0, 0.1) is 5.41 Å². The molecule has 2 heteroatoms. The molecule has 0 radical (unpaired) electrons. The fourth-order valence-electron chi connectivity index (χ4n) is 2.85. The maximum Gasteiger partial charge on any atom is 0.189 e. The summed E-state index contributed by atoms with van der Waals surface area (Å²) in [7, 11) is 0. The van der Waals surface area contributed by atoms with E-state index < -0.39 is 0 Å². The Bertz CT molecular complexity index is 640. The first kappa shape index (κ1) is 14.8. The second-order valence-electron chi connectivity index (χ2n) is 6.86. The van der Waals surface area contributed by atoms with Gasteiger partial charge in [-0.25, -0.2) is 0 Å². The Kier molecular flexibility index (Phi) is 4.02. The zero-order valence-electron chi connectivity index (χ0n) is 13.5. The molecule has 0 N–H and O–H groups in total. The molecule has 0 unspecified atom stereocenters. The van der Waals surface area contributed by atoms with Gasteiger partial charge in [0.25, 0.3) is 0 Å². The minimum absolute atomic E-state index is 0.0234. The van der Waals surface area contributed by atoms with Crippen LogP contribution in [0.4, 0.5) is 0 Å². The quantitative estimate of drug-likeness (QED) is 0.764. The van der Waals surface area contributed by atoms with Crippen molar-refractivity contribution in [3.05, 3.63) is 71.8 Å². The highest BCUT2D eigenvalue weighted by atomic mass is 16.5. The molecular weight excluding hydrogens is 270 g/mol. The zero-order valence-corrected chi connectivity index (χ0v) is 13.5. The number of rotatable bonds is 2. The van der Waals surface area contributed by atoms with Gasteiger partial charge in [0, 0.05) is 11.3 Å². The van der Waals surface area contributed by atoms with Crippen molar-refractivity contribution >= 4 is 5.90 Å². The lowest BCUT2D eigenvalue weighted by Crippen LogP contribution is -2.33. The molecule has 22 heavy (non-hydrogen) atoms. The van der Waals surface area contributed by atoms with Gasteiger partial charge in [0.1, 0.15) is 6.10 Å². The molecule has 2 atom stereocenters. The molecule has 0 saturated heterocycles. The highest BCUT2D eigenvalue weighted by Gasteiger charge is 2.34. The van der Waals surface area contributed by atoms with Crippen molar-refractivity contribution in [3.63, 3.8) is 0 Å². The summed E-state index contributed by atoms with van der Waals surface area (Å²) in [6.07, 6.45) is 0.0234. The summed E-state index contributed by atoms with van der Waals surface area (Å²) in [5.74, 6) is 1.11. The van der Waals surface area contributed by atoms with Crippen LogP contribution in [0.15, 0.2) is 65.7 Å². The number of hydrogen-bond acceptors (Lipinski definition) is 2. The fraction of sp³-hybridized carbons (Fsp3) is 0.350. The van der Waals surface area contributed by atoms with Crippen molar-refractivity contribution < 1.29 is 4.74 Å². The van der Waals surface area contributed by atoms with E-state index in [0.29, 0.717) is 0 Å². The summed E-state index contributed by atoms with van der Waals surface area (Å²) in [6.45, 7) is 7.22. The van der Waals surface area contributed by atoms with Crippen LogP contribution in [0.25, 0.3) is 0 Å². The molecule has 1 heterocycles. The Hall–Kier alpha value is -2.09. The highest BCUT2D eigenvalue weighted by molar-refractivity contribution is 5.82. The van der Waals surface area contributed by atoms with E-state index in [2.05, 4.69) is 75.4 Å². The minimum Gasteiger partial charge on any atom is -0.472 e. The predicted octanol–water partition coefficient (Wildman–Crippen LogP) is 4.99. The van der Waals surface area contributed by atoms with Crippen LogP contribution in [0.3, 0.4) is 0 Å². The topological polar surface area (TPSA) is 21.6 Å². The molecule has 2 nitrogen and oxygen atoms in total. The molecule has 0 fully saturated rings.